The highest BCUT2D eigenvalue weighted by Gasteiger charge is 2.33. The summed E-state index contributed by atoms with van der Waals surface area (Å²) in [5, 5.41) is 0. The summed E-state index contributed by atoms with van der Waals surface area (Å²) in [7, 11) is 0. The lowest BCUT2D eigenvalue weighted by atomic mass is 9.98. The molecule has 146 valence electrons. The average Bonchev–Trinajstić information content (AvgIpc) is 3.32. The molecule has 3 rings (SSSR count). The summed E-state index contributed by atoms with van der Waals surface area (Å²) in [4.78, 5) is 42.4. The highest BCUT2D eigenvalue weighted by molar-refractivity contribution is 5.79. The Morgan fingerprint density at radius 2 is 1.15 bits per heavy atom. The van der Waals surface area contributed by atoms with Crippen molar-refractivity contribution in [3.05, 3.63) is 0 Å². The molecule has 26 heavy (non-hydrogen) atoms. The van der Waals surface area contributed by atoms with Gasteiger partial charge in [-0.2, -0.15) is 0 Å². The third-order valence-corrected chi connectivity index (χ3v) is 6.37. The molecule has 3 unspecified atom stereocenters. The third kappa shape index (κ3) is 4.21. The van der Waals surface area contributed by atoms with E-state index in [-0.39, 0.29) is 35.8 Å². The molecule has 3 saturated heterocycles. The first-order valence-corrected chi connectivity index (χ1v) is 10.4. The van der Waals surface area contributed by atoms with Gasteiger partial charge in [-0.3, -0.25) is 14.4 Å². The van der Waals surface area contributed by atoms with E-state index in [0.717, 1.165) is 58.2 Å². The Labute approximate surface area is 156 Å². The largest absolute Gasteiger partial charge is 0.340 e. The van der Waals surface area contributed by atoms with Gasteiger partial charge in [-0.25, -0.2) is 0 Å². The van der Waals surface area contributed by atoms with Crippen LogP contribution in [0.2, 0.25) is 0 Å². The number of carbonyl (C=O) groups excluding carboxylic acids is 3. The Bertz CT molecular complexity index is 550. The summed E-state index contributed by atoms with van der Waals surface area (Å²) in [6, 6.07) is 0.578. The number of amides is 3. The van der Waals surface area contributed by atoms with Crippen LogP contribution < -0.4 is 0 Å². The number of hydrogen-bond acceptors (Lipinski definition) is 3. The molecule has 0 radical (unpaired) electrons. The van der Waals surface area contributed by atoms with E-state index in [2.05, 4.69) is 13.8 Å². The summed E-state index contributed by atoms with van der Waals surface area (Å²) in [6.45, 7) is 6.79. The van der Waals surface area contributed by atoms with Crippen molar-refractivity contribution in [1.82, 2.24) is 14.7 Å². The van der Waals surface area contributed by atoms with Crippen LogP contribution >= 0.6 is 0 Å². The Morgan fingerprint density at radius 1 is 0.692 bits per heavy atom. The summed E-state index contributed by atoms with van der Waals surface area (Å²) in [5.74, 6) is 0.766. The van der Waals surface area contributed by atoms with Gasteiger partial charge in [-0.05, 0) is 52.4 Å². The van der Waals surface area contributed by atoms with Gasteiger partial charge in [0.25, 0.3) is 0 Å². The molecule has 0 aromatic heterocycles. The van der Waals surface area contributed by atoms with Crippen LogP contribution in [0.5, 0.6) is 0 Å². The molecule has 0 bridgehead atoms. The van der Waals surface area contributed by atoms with Gasteiger partial charge in [0, 0.05) is 57.0 Å². The molecular weight excluding hydrogens is 330 g/mol. The van der Waals surface area contributed by atoms with E-state index in [4.69, 9.17) is 0 Å². The zero-order valence-electron chi connectivity index (χ0n) is 16.3. The highest BCUT2D eigenvalue weighted by Crippen LogP contribution is 2.26. The first-order chi connectivity index (χ1) is 12.5. The van der Waals surface area contributed by atoms with Crippen LogP contribution in [0.3, 0.4) is 0 Å². The number of nitrogens with zero attached hydrogens (tertiary/aromatic N) is 3. The van der Waals surface area contributed by atoms with E-state index in [9.17, 15) is 14.4 Å². The lowest BCUT2D eigenvalue weighted by Gasteiger charge is -2.35. The number of rotatable bonds is 8. The van der Waals surface area contributed by atoms with Crippen LogP contribution in [0.1, 0.15) is 71.6 Å². The van der Waals surface area contributed by atoms with Crippen LogP contribution in [-0.2, 0) is 14.4 Å². The smallest absolute Gasteiger partial charge is 0.222 e. The zero-order chi connectivity index (χ0) is 18.7. The van der Waals surface area contributed by atoms with Gasteiger partial charge >= 0.3 is 0 Å². The van der Waals surface area contributed by atoms with Crippen molar-refractivity contribution in [3.8, 4) is 0 Å². The average molecular weight is 364 g/mol. The second-order valence-electron chi connectivity index (χ2n) is 8.24. The number of hydrogen-bond donors (Lipinski definition) is 0. The van der Waals surface area contributed by atoms with E-state index in [1.807, 2.05) is 14.7 Å². The van der Waals surface area contributed by atoms with Crippen LogP contribution in [0.25, 0.3) is 0 Å². The summed E-state index contributed by atoms with van der Waals surface area (Å²) < 4.78 is 0. The van der Waals surface area contributed by atoms with Crippen LogP contribution in [0.15, 0.2) is 0 Å². The van der Waals surface area contributed by atoms with E-state index in [1.54, 1.807) is 0 Å². The van der Waals surface area contributed by atoms with Gasteiger partial charge in [0.2, 0.25) is 17.7 Å². The van der Waals surface area contributed by atoms with Crippen LogP contribution in [0.4, 0.5) is 0 Å². The molecule has 0 saturated carbocycles. The maximum atomic E-state index is 12.3. The number of likely N-dealkylation sites (tertiary alicyclic amines) is 3. The Hall–Kier alpha value is -1.59. The molecule has 3 heterocycles. The molecule has 3 atom stereocenters. The molecule has 3 aliphatic rings. The molecular formula is C20H33N3O3. The lowest BCUT2D eigenvalue weighted by Crippen LogP contribution is -2.44. The SMILES string of the molecule is CC(CCC(CC(C)N1CCCC1=O)N1CCCC1=O)N1CCCC1=O. The molecule has 0 aromatic carbocycles. The van der Waals surface area contributed by atoms with Gasteiger partial charge in [-0.15, -0.1) is 0 Å². The van der Waals surface area contributed by atoms with E-state index in [0.29, 0.717) is 19.3 Å². The fourth-order valence-corrected chi connectivity index (χ4v) is 4.84. The second-order valence-corrected chi connectivity index (χ2v) is 8.24. The maximum Gasteiger partial charge on any atom is 0.222 e. The molecule has 3 aliphatic heterocycles. The topological polar surface area (TPSA) is 60.9 Å². The van der Waals surface area contributed by atoms with Gasteiger partial charge in [0.1, 0.15) is 0 Å². The minimum atomic E-state index is 0.173. The quantitative estimate of drug-likeness (QED) is 0.664. The molecule has 6 heteroatoms. The Kier molecular flexibility index (Phi) is 6.20. The monoisotopic (exact) mass is 363 g/mol. The summed E-state index contributed by atoms with van der Waals surface area (Å²) in [5.41, 5.74) is 0. The fourth-order valence-electron chi connectivity index (χ4n) is 4.84. The van der Waals surface area contributed by atoms with Gasteiger partial charge in [-0.1, -0.05) is 0 Å². The Morgan fingerprint density at radius 3 is 1.62 bits per heavy atom. The molecule has 0 spiro atoms. The molecule has 0 aromatic rings. The van der Waals surface area contributed by atoms with E-state index >= 15 is 0 Å². The minimum absolute atomic E-state index is 0.173. The second kappa shape index (κ2) is 8.40. The van der Waals surface area contributed by atoms with Crippen LogP contribution in [0, 0.1) is 0 Å². The minimum Gasteiger partial charge on any atom is -0.340 e. The molecule has 6 nitrogen and oxygen atoms in total. The predicted molar refractivity (Wildman–Crippen MR) is 99.4 cm³/mol. The van der Waals surface area contributed by atoms with Gasteiger partial charge < -0.3 is 14.7 Å². The predicted octanol–water partition coefficient (Wildman–Crippen LogP) is 2.17. The van der Waals surface area contributed by atoms with Crippen molar-refractivity contribution in [2.45, 2.75) is 89.8 Å². The molecule has 0 aliphatic carbocycles. The molecule has 0 N–H and O–H groups in total. The van der Waals surface area contributed by atoms with Crippen molar-refractivity contribution in [3.63, 3.8) is 0 Å². The van der Waals surface area contributed by atoms with Crippen molar-refractivity contribution in [2.24, 2.45) is 0 Å². The van der Waals surface area contributed by atoms with E-state index in [1.165, 1.54) is 0 Å². The normalized spacial score (nSPS) is 24.7. The van der Waals surface area contributed by atoms with Gasteiger partial charge in [0.15, 0.2) is 0 Å². The van der Waals surface area contributed by atoms with Crippen molar-refractivity contribution in [1.29, 1.82) is 0 Å². The lowest BCUT2D eigenvalue weighted by molar-refractivity contribution is -0.132. The molecule has 3 amide bonds. The van der Waals surface area contributed by atoms with Crippen molar-refractivity contribution in [2.75, 3.05) is 19.6 Å². The molecule has 3 fully saturated rings. The zero-order valence-corrected chi connectivity index (χ0v) is 16.3. The van der Waals surface area contributed by atoms with E-state index < -0.39 is 0 Å². The summed E-state index contributed by atoms with van der Waals surface area (Å²) >= 11 is 0. The summed E-state index contributed by atoms with van der Waals surface area (Å²) in [6.07, 6.45) is 7.50. The van der Waals surface area contributed by atoms with Gasteiger partial charge in [0.05, 0.1) is 0 Å². The van der Waals surface area contributed by atoms with Crippen molar-refractivity contribution >= 4 is 17.7 Å². The standard InChI is InChI=1S/C20H33N3O3/c1-15(21-11-3-6-18(21)24)9-10-17(23-13-5-8-20(23)26)14-16(2)22-12-4-7-19(22)25/h15-17H,3-14H2,1-2H3. The maximum absolute atomic E-state index is 12.3. The first-order valence-electron chi connectivity index (χ1n) is 10.4. The Balaban J connectivity index is 1.60. The van der Waals surface area contributed by atoms with Crippen LogP contribution in [-0.4, -0.2) is 70.2 Å². The fraction of sp³-hybridized carbons (Fsp3) is 0.850. The number of carbonyl (C=O) groups is 3. The third-order valence-electron chi connectivity index (χ3n) is 6.37. The first kappa shape index (κ1) is 19.2. The van der Waals surface area contributed by atoms with Crippen molar-refractivity contribution < 1.29 is 14.4 Å². The highest BCUT2D eigenvalue weighted by atomic mass is 16.2.